The summed E-state index contributed by atoms with van der Waals surface area (Å²) in [7, 11) is 0. The van der Waals surface area contributed by atoms with E-state index >= 15 is 0 Å². The van der Waals surface area contributed by atoms with Crippen molar-refractivity contribution < 1.29 is 13.6 Å². The topological polar surface area (TPSA) is 88.8 Å². The molecule has 1 atom stereocenters. The van der Waals surface area contributed by atoms with Gasteiger partial charge < -0.3 is 10.7 Å². The van der Waals surface area contributed by atoms with Crippen molar-refractivity contribution in [3.8, 4) is 0 Å². The van der Waals surface area contributed by atoms with Crippen LogP contribution in [0.25, 0.3) is 10.9 Å². The van der Waals surface area contributed by atoms with Crippen molar-refractivity contribution in [3.05, 3.63) is 75.3 Å². The summed E-state index contributed by atoms with van der Waals surface area (Å²) in [5.41, 5.74) is 7.20. The molecule has 0 spiro atoms. The number of aromatic amines is 1. The van der Waals surface area contributed by atoms with E-state index in [1.165, 1.54) is 37.4 Å². The number of aromatic nitrogens is 2. The maximum atomic E-state index is 13.6. The van der Waals surface area contributed by atoms with Gasteiger partial charge in [0.1, 0.15) is 5.69 Å². The van der Waals surface area contributed by atoms with E-state index < -0.39 is 17.5 Å². The van der Waals surface area contributed by atoms with Crippen molar-refractivity contribution in [3.63, 3.8) is 0 Å². The lowest BCUT2D eigenvalue weighted by Crippen LogP contribution is -2.22. The molecule has 3 N–H and O–H groups in total. The van der Waals surface area contributed by atoms with E-state index in [0.29, 0.717) is 22.4 Å². The zero-order valence-electron chi connectivity index (χ0n) is 18.0. The van der Waals surface area contributed by atoms with Gasteiger partial charge in [-0.2, -0.15) is 0 Å². The number of H-pyrrole nitrogens is 1. The normalized spacial score (nSPS) is 17.6. The lowest BCUT2D eigenvalue weighted by Gasteiger charge is -2.36. The van der Waals surface area contributed by atoms with E-state index in [4.69, 9.17) is 5.73 Å². The number of halogens is 2. The van der Waals surface area contributed by atoms with Crippen LogP contribution in [0.3, 0.4) is 0 Å². The molecule has 1 amide bonds. The second-order valence-corrected chi connectivity index (χ2v) is 8.82. The number of carbonyl (C=O) groups excluding carboxylic acids is 1. The van der Waals surface area contributed by atoms with Crippen molar-refractivity contribution in [2.75, 3.05) is 0 Å². The summed E-state index contributed by atoms with van der Waals surface area (Å²) in [6.45, 7) is 6.21. The molecule has 2 heterocycles. The summed E-state index contributed by atoms with van der Waals surface area (Å²) < 4.78 is 26.7. The van der Waals surface area contributed by atoms with E-state index in [1.54, 1.807) is 19.1 Å². The Labute approximate surface area is 179 Å². The predicted octanol–water partition coefficient (Wildman–Crippen LogP) is 4.98. The first-order valence-electron chi connectivity index (χ1n) is 10.3. The minimum absolute atomic E-state index is 0.00403. The van der Waals surface area contributed by atoms with Gasteiger partial charge in [-0.25, -0.2) is 8.78 Å². The second-order valence-electron chi connectivity index (χ2n) is 8.82. The maximum absolute atomic E-state index is 13.6. The van der Waals surface area contributed by atoms with Gasteiger partial charge in [0.25, 0.3) is 5.91 Å². The van der Waals surface area contributed by atoms with E-state index in [1.807, 2.05) is 0 Å². The molecule has 31 heavy (non-hydrogen) atoms. The van der Waals surface area contributed by atoms with E-state index in [-0.39, 0.29) is 16.5 Å². The zero-order chi connectivity index (χ0) is 22.8. The Morgan fingerprint density at radius 1 is 1.23 bits per heavy atom. The molecule has 3 aromatic rings. The van der Waals surface area contributed by atoms with Gasteiger partial charge in [0.2, 0.25) is 0 Å². The molecule has 1 aromatic carbocycles. The first kappa shape index (κ1) is 22.6. The fraction of sp³-hybridized carbons (Fsp3) is 0.375. The zero-order valence-corrected chi connectivity index (χ0v) is 18.0. The lowest BCUT2D eigenvalue weighted by molar-refractivity contribution is 0.0997. The molecular weight excluding hydrogens is 400 g/mol. The van der Waals surface area contributed by atoms with Crippen LogP contribution in [0.4, 0.5) is 8.78 Å². The smallest absolute Gasteiger partial charge is 0.268 e. The number of hydrogen-bond acceptors (Lipinski definition) is 3. The number of nitrogens with two attached hydrogens (primary N) is 1. The van der Waals surface area contributed by atoms with Crippen LogP contribution in [0.5, 0.6) is 0 Å². The number of primary amides is 1. The average Bonchev–Trinajstić information content (AvgIpc) is 2.71. The Morgan fingerprint density at radius 3 is 2.65 bits per heavy atom. The van der Waals surface area contributed by atoms with Crippen LogP contribution in [0.1, 0.15) is 67.1 Å². The van der Waals surface area contributed by atoms with Crippen LogP contribution in [0.15, 0.2) is 41.5 Å². The van der Waals surface area contributed by atoms with Crippen molar-refractivity contribution in [1.29, 1.82) is 0 Å². The Kier molecular flexibility index (Phi) is 6.53. The SMILES string of the molecule is Cc1c(C2CCCC(C)(C)C2)ccc(F)c1F.NC(=O)c1nccc2[nH]ccc(=O)c12. The largest absolute Gasteiger partial charge is 0.364 e. The van der Waals surface area contributed by atoms with Gasteiger partial charge in [-0.1, -0.05) is 26.3 Å². The van der Waals surface area contributed by atoms with Crippen molar-refractivity contribution >= 4 is 16.8 Å². The molecule has 164 valence electrons. The fourth-order valence-electron chi connectivity index (χ4n) is 4.38. The summed E-state index contributed by atoms with van der Waals surface area (Å²) in [4.78, 5) is 29.0. The third kappa shape index (κ3) is 4.98. The van der Waals surface area contributed by atoms with Gasteiger partial charge in [0.15, 0.2) is 17.1 Å². The van der Waals surface area contributed by atoms with E-state index in [9.17, 15) is 18.4 Å². The molecule has 0 bridgehead atoms. The minimum Gasteiger partial charge on any atom is -0.364 e. The minimum atomic E-state index is -0.735. The highest BCUT2D eigenvalue weighted by atomic mass is 19.2. The fourth-order valence-corrected chi connectivity index (χ4v) is 4.38. The van der Waals surface area contributed by atoms with Crippen LogP contribution >= 0.6 is 0 Å². The number of rotatable bonds is 2. The van der Waals surface area contributed by atoms with Crippen molar-refractivity contribution in [2.24, 2.45) is 11.1 Å². The summed E-state index contributed by atoms with van der Waals surface area (Å²) >= 11 is 0. The van der Waals surface area contributed by atoms with Crippen LogP contribution in [0.2, 0.25) is 0 Å². The number of hydrogen-bond donors (Lipinski definition) is 2. The van der Waals surface area contributed by atoms with Crippen LogP contribution < -0.4 is 11.2 Å². The van der Waals surface area contributed by atoms with Crippen molar-refractivity contribution in [2.45, 2.75) is 52.4 Å². The average molecular weight is 427 g/mol. The Bertz CT molecular complexity index is 1170. The number of pyridine rings is 2. The quantitative estimate of drug-likeness (QED) is 0.605. The molecule has 0 aliphatic heterocycles. The lowest BCUT2D eigenvalue weighted by atomic mass is 9.69. The molecule has 1 unspecified atom stereocenters. The van der Waals surface area contributed by atoms with Gasteiger partial charge in [-0.3, -0.25) is 14.6 Å². The number of amides is 1. The number of nitrogens with zero attached hydrogens (tertiary/aromatic N) is 1. The summed E-state index contributed by atoms with van der Waals surface area (Å²) in [5, 5.41) is 0.238. The van der Waals surface area contributed by atoms with Crippen LogP contribution in [0, 0.1) is 24.0 Å². The van der Waals surface area contributed by atoms with Gasteiger partial charge in [0.05, 0.1) is 10.9 Å². The Balaban J connectivity index is 0.000000179. The molecule has 4 rings (SSSR count). The monoisotopic (exact) mass is 427 g/mol. The highest BCUT2D eigenvalue weighted by Gasteiger charge is 2.30. The highest BCUT2D eigenvalue weighted by molar-refractivity contribution is 6.03. The molecule has 1 aliphatic carbocycles. The first-order valence-corrected chi connectivity index (χ1v) is 10.3. The third-order valence-corrected chi connectivity index (χ3v) is 5.93. The first-order chi connectivity index (χ1) is 14.6. The molecular formula is C24H27F2N3O2. The van der Waals surface area contributed by atoms with E-state index in [0.717, 1.165) is 18.4 Å². The molecule has 1 saturated carbocycles. The molecule has 0 saturated heterocycles. The number of carbonyl (C=O) groups is 1. The molecule has 5 nitrogen and oxygen atoms in total. The predicted molar refractivity (Wildman–Crippen MR) is 117 cm³/mol. The number of fused-ring (bicyclic) bond motifs is 1. The van der Waals surface area contributed by atoms with Gasteiger partial charge in [-0.05, 0) is 60.8 Å². The molecule has 7 heteroatoms. The maximum Gasteiger partial charge on any atom is 0.268 e. The number of nitrogens with one attached hydrogen (secondary N) is 1. The molecule has 1 fully saturated rings. The van der Waals surface area contributed by atoms with E-state index in [2.05, 4.69) is 23.8 Å². The van der Waals surface area contributed by atoms with Gasteiger partial charge in [-0.15, -0.1) is 0 Å². The standard InChI is InChI=1S/C15H20F2.C9H7N3O2/c1-10-12(6-7-13(16)14(10)17)11-5-4-8-15(2,3)9-11;10-9(14)8-7-5(1-3-12-8)11-4-2-6(7)13/h6-7,11H,4-5,8-9H2,1-3H3;1-4H,(H2,10,14)(H,11,13). The van der Waals surface area contributed by atoms with Gasteiger partial charge >= 0.3 is 0 Å². The Hall–Kier alpha value is -3.09. The van der Waals surface area contributed by atoms with Crippen molar-refractivity contribution in [1.82, 2.24) is 9.97 Å². The van der Waals surface area contributed by atoms with Crippen LogP contribution in [-0.2, 0) is 0 Å². The molecule has 0 radical (unpaired) electrons. The summed E-state index contributed by atoms with van der Waals surface area (Å²) in [6.07, 6.45) is 7.50. The van der Waals surface area contributed by atoms with Gasteiger partial charge in [0, 0.05) is 18.5 Å². The summed E-state index contributed by atoms with van der Waals surface area (Å²) in [5.74, 6) is -1.73. The second kappa shape index (κ2) is 8.96. The summed E-state index contributed by atoms with van der Waals surface area (Å²) in [6, 6.07) is 5.97. The Morgan fingerprint density at radius 2 is 1.97 bits per heavy atom. The highest BCUT2D eigenvalue weighted by Crippen LogP contribution is 2.44. The molecule has 1 aliphatic rings. The molecule has 2 aromatic heterocycles. The van der Waals surface area contributed by atoms with Crippen LogP contribution in [-0.4, -0.2) is 15.9 Å². The third-order valence-electron chi connectivity index (χ3n) is 5.93. The number of benzene rings is 1.